The van der Waals surface area contributed by atoms with Crippen LogP contribution in [0.15, 0.2) is 24.3 Å². The Balaban J connectivity index is 1.80. The van der Waals surface area contributed by atoms with Gasteiger partial charge >= 0.3 is 0 Å². The Bertz CT molecular complexity index is 692. The lowest BCUT2D eigenvalue weighted by atomic mass is 10.0. The van der Waals surface area contributed by atoms with Crippen LogP contribution in [0, 0.1) is 5.92 Å². The van der Waals surface area contributed by atoms with Gasteiger partial charge in [0.2, 0.25) is 5.91 Å². The number of nitrogens with zero attached hydrogens (tertiary/aromatic N) is 2. The van der Waals surface area contributed by atoms with Crippen LogP contribution in [0.2, 0.25) is 0 Å². The largest absolute Gasteiger partial charge is 0.380 e. The zero-order valence-electron chi connectivity index (χ0n) is 17.2. The predicted molar refractivity (Wildman–Crippen MR) is 111 cm³/mol. The van der Waals surface area contributed by atoms with E-state index in [4.69, 9.17) is 9.72 Å². The van der Waals surface area contributed by atoms with Crippen molar-refractivity contribution in [2.45, 2.75) is 65.8 Å². The number of fused-ring (bicyclic) bond motifs is 1. The zero-order chi connectivity index (χ0) is 19.5. The molecule has 0 saturated carbocycles. The minimum Gasteiger partial charge on any atom is -0.380 e. The van der Waals surface area contributed by atoms with Crippen molar-refractivity contribution in [2.24, 2.45) is 5.92 Å². The van der Waals surface area contributed by atoms with Crippen molar-refractivity contribution in [2.75, 3.05) is 19.8 Å². The lowest BCUT2D eigenvalue weighted by Gasteiger charge is -2.12. The first-order valence-corrected chi connectivity index (χ1v) is 10.5. The van der Waals surface area contributed by atoms with E-state index in [0.29, 0.717) is 6.61 Å². The highest BCUT2D eigenvalue weighted by molar-refractivity contribution is 5.78. The third-order valence-corrected chi connectivity index (χ3v) is 5.13. The third kappa shape index (κ3) is 6.35. The molecule has 0 bridgehead atoms. The van der Waals surface area contributed by atoms with E-state index >= 15 is 0 Å². The van der Waals surface area contributed by atoms with E-state index in [2.05, 4.69) is 41.9 Å². The van der Waals surface area contributed by atoms with Crippen molar-refractivity contribution in [1.29, 1.82) is 0 Å². The lowest BCUT2D eigenvalue weighted by Crippen LogP contribution is -2.30. The first-order chi connectivity index (χ1) is 13.2. The van der Waals surface area contributed by atoms with Crippen LogP contribution in [0.1, 0.15) is 58.7 Å². The molecule has 150 valence electrons. The van der Waals surface area contributed by atoms with Crippen LogP contribution in [0.25, 0.3) is 11.0 Å². The summed E-state index contributed by atoms with van der Waals surface area (Å²) in [6, 6.07) is 8.30. The van der Waals surface area contributed by atoms with Crippen molar-refractivity contribution in [3.05, 3.63) is 30.1 Å². The Labute approximate surface area is 163 Å². The molecule has 1 amide bonds. The van der Waals surface area contributed by atoms with Crippen molar-refractivity contribution in [3.8, 4) is 0 Å². The number of imidazole rings is 1. The summed E-state index contributed by atoms with van der Waals surface area (Å²) < 4.78 is 7.83. The molecule has 2 aromatic rings. The number of aryl methyl sites for hydroxylation is 1. The van der Waals surface area contributed by atoms with Gasteiger partial charge in [0.25, 0.3) is 0 Å². The van der Waals surface area contributed by atoms with Gasteiger partial charge in [0.15, 0.2) is 0 Å². The van der Waals surface area contributed by atoms with Gasteiger partial charge < -0.3 is 14.6 Å². The highest BCUT2D eigenvalue weighted by Crippen LogP contribution is 2.18. The molecule has 1 aromatic carbocycles. The molecule has 0 fully saturated rings. The molecule has 0 unspecified atom stereocenters. The fourth-order valence-corrected chi connectivity index (χ4v) is 3.47. The standard InChI is InChI=1S/C22H35N3O2/c1-4-18(5-2)22(26)23-15-11-7-8-14-21-24-19-12-9-10-13-20(19)25(21)16-17-27-6-3/h9-10,12-13,18H,4-8,11,14-17H2,1-3H3,(H,23,26). The van der Waals surface area contributed by atoms with Gasteiger partial charge in [0.05, 0.1) is 17.6 Å². The van der Waals surface area contributed by atoms with Crippen molar-refractivity contribution >= 4 is 16.9 Å². The Kier molecular flexibility index (Phi) is 9.32. The molecule has 27 heavy (non-hydrogen) atoms. The number of benzene rings is 1. The maximum absolute atomic E-state index is 12.0. The van der Waals surface area contributed by atoms with E-state index in [1.807, 2.05) is 13.0 Å². The smallest absolute Gasteiger partial charge is 0.223 e. The molecule has 0 aliphatic heterocycles. The lowest BCUT2D eigenvalue weighted by molar-refractivity contribution is -0.125. The summed E-state index contributed by atoms with van der Waals surface area (Å²) in [6.07, 6.45) is 5.99. The number of hydrogen-bond acceptors (Lipinski definition) is 3. The topological polar surface area (TPSA) is 56.1 Å². The Morgan fingerprint density at radius 1 is 1.15 bits per heavy atom. The number of carbonyl (C=O) groups is 1. The van der Waals surface area contributed by atoms with Gasteiger partial charge in [0, 0.05) is 32.0 Å². The fourth-order valence-electron chi connectivity index (χ4n) is 3.47. The van der Waals surface area contributed by atoms with Gasteiger partial charge in [-0.05, 0) is 44.7 Å². The molecule has 5 heteroatoms. The molecule has 0 aliphatic rings. The van der Waals surface area contributed by atoms with E-state index in [9.17, 15) is 4.79 Å². The zero-order valence-corrected chi connectivity index (χ0v) is 17.2. The predicted octanol–water partition coefficient (Wildman–Crippen LogP) is 4.34. The Morgan fingerprint density at radius 3 is 2.67 bits per heavy atom. The van der Waals surface area contributed by atoms with Gasteiger partial charge in [-0.25, -0.2) is 4.98 Å². The number of hydrogen-bond donors (Lipinski definition) is 1. The van der Waals surface area contributed by atoms with Crippen molar-refractivity contribution < 1.29 is 9.53 Å². The number of para-hydroxylation sites is 2. The molecule has 0 spiro atoms. The van der Waals surface area contributed by atoms with Gasteiger partial charge in [-0.1, -0.05) is 32.4 Å². The molecule has 2 rings (SSSR count). The molecular formula is C22H35N3O2. The van der Waals surface area contributed by atoms with Gasteiger partial charge in [-0.15, -0.1) is 0 Å². The van der Waals surface area contributed by atoms with Gasteiger partial charge in [-0.2, -0.15) is 0 Å². The Morgan fingerprint density at radius 2 is 1.93 bits per heavy atom. The third-order valence-electron chi connectivity index (χ3n) is 5.13. The number of rotatable bonds is 13. The van der Waals surface area contributed by atoms with Crippen LogP contribution in [0.4, 0.5) is 0 Å². The van der Waals surface area contributed by atoms with Gasteiger partial charge in [0.1, 0.15) is 5.82 Å². The number of amides is 1. The average Bonchev–Trinajstić information content (AvgIpc) is 3.03. The molecular weight excluding hydrogens is 338 g/mol. The summed E-state index contributed by atoms with van der Waals surface area (Å²) in [5.74, 6) is 1.50. The maximum Gasteiger partial charge on any atom is 0.223 e. The second kappa shape index (κ2) is 11.8. The number of aromatic nitrogens is 2. The van der Waals surface area contributed by atoms with Crippen LogP contribution in [-0.2, 0) is 22.5 Å². The highest BCUT2D eigenvalue weighted by atomic mass is 16.5. The quantitative estimate of drug-likeness (QED) is 0.532. The number of unbranched alkanes of at least 4 members (excludes halogenated alkanes) is 2. The number of nitrogens with one attached hydrogen (secondary N) is 1. The van der Waals surface area contributed by atoms with Crippen LogP contribution in [0.5, 0.6) is 0 Å². The summed E-state index contributed by atoms with van der Waals surface area (Å²) in [5.41, 5.74) is 2.24. The highest BCUT2D eigenvalue weighted by Gasteiger charge is 2.13. The monoisotopic (exact) mass is 373 g/mol. The summed E-state index contributed by atoms with van der Waals surface area (Å²) in [5, 5.41) is 3.07. The molecule has 1 heterocycles. The summed E-state index contributed by atoms with van der Waals surface area (Å²) in [7, 11) is 0. The second-order valence-electron chi connectivity index (χ2n) is 6.98. The molecule has 1 aromatic heterocycles. The summed E-state index contributed by atoms with van der Waals surface area (Å²) >= 11 is 0. The minimum absolute atomic E-state index is 0.162. The number of carbonyl (C=O) groups excluding carboxylic acids is 1. The molecule has 1 N–H and O–H groups in total. The van der Waals surface area contributed by atoms with Crippen LogP contribution in [0.3, 0.4) is 0 Å². The van der Waals surface area contributed by atoms with Crippen LogP contribution < -0.4 is 5.32 Å². The summed E-state index contributed by atoms with van der Waals surface area (Å²) in [4.78, 5) is 16.8. The van der Waals surface area contributed by atoms with E-state index < -0.39 is 0 Å². The summed E-state index contributed by atoms with van der Waals surface area (Å²) in [6.45, 7) is 9.24. The van der Waals surface area contributed by atoms with Gasteiger partial charge in [-0.3, -0.25) is 4.79 Å². The molecule has 5 nitrogen and oxygen atoms in total. The first-order valence-electron chi connectivity index (χ1n) is 10.5. The molecule has 0 saturated heterocycles. The average molecular weight is 374 g/mol. The molecule has 0 atom stereocenters. The van der Waals surface area contributed by atoms with Crippen LogP contribution in [-0.4, -0.2) is 35.2 Å². The van der Waals surface area contributed by atoms with E-state index in [1.54, 1.807) is 0 Å². The van der Waals surface area contributed by atoms with E-state index in [0.717, 1.165) is 69.6 Å². The number of ether oxygens (including phenoxy) is 1. The van der Waals surface area contributed by atoms with Crippen LogP contribution >= 0.6 is 0 Å². The first kappa shape index (κ1) is 21.4. The second-order valence-corrected chi connectivity index (χ2v) is 6.98. The van der Waals surface area contributed by atoms with E-state index in [-0.39, 0.29) is 11.8 Å². The van der Waals surface area contributed by atoms with Crippen molar-refractivity contribution in [3.63, 3.8) is 0 Å². The minimum atomic E-state index is 0.162. The SMILES string of the molecule is CCOCCn1c(CCCCCNC(=O)C(CC)CC)nc2ccccc21. The van der Waals surface area contributed by atoms with Crippen molar-refractivity contribution in [1.82, 2.24) is 14.9 Å². The Hall–Kier alpha value is -1.88. The maximum atomic E-state index is 12.0. The molecule has 0 aliphatic carbocycles. The van der Waals surface area contributed by atoms with E-state index in [1.165, 1.54) is 5.52 Å². The normalized spacial score (nSPS) is 11.4. The fraction of sp³-hybridized carbons (Fsp3) is 0.636. The molecule has 0 radical (unpaired) electrons.